The van der Waals surface area contributed by atoms with Gasteiger partial charge in [-0.25, -0.2) is 14.4 Å². The van der Waals surface area contributed by atoms with Crippen LogP contribution >= 0.6 is 0 Å². The number of halogens is 1. The molecule has 3 aromatic rings. The number of nitrogen functional groups attached to an aromatic ring is 1. The summed E-state index contributed by atoms with van der Waals surface area (Å²) >= 11 is 0. The highest BCUT2D eigenvalue weighted by molar-refractivity contribution is 5.92. The van der Waals surface area contributed by atoms with E-state index in [1.807, 2.05) is 24.0 Å². The lowest BCUT2D eigenvalue weighted by Gasteiger charge is -2.32. The fraction of sp³-hybridized carbons (Fsp3) is 0.273. The number of hydrogen-bond acceptors (Lipinski definition) is 7. The molecule has 1 aromatic carbocycles. The van der Waals surface area contributed by atoms with Gasteiger partial charge in [0.25, 0.3) is 0 Å². The van der Waals surface area contributed by atoms with E-state index in [-0.39, 0.29) is 30.2 Å². The smallest absolute Gasteiger partial charge is 0.238 e. The van der Waals surface area contributed by atoms with Crippen molar-refractivity contribution in [3.8, 4) is 11.1 Å². The second-order valence-electron chi connectivity index (χ2n) is 7.37. The molecular formula is C22H23FN6O2. The van der Waals surface area contributed by atoms with Crippen molar-refractivity contribution in [2.75, 3.05) is 37.3 Å². The number of aromatic nitrogens is 3. The molecule has 1 fully saturated rings. The van der Waals surface area contributed by atoms with Gasteiger partial charge in [-0.3, -0.25) is 14.7 Å². The van der Waals surface area contributed by atoms with Crippen molar-refractivity contribution in [2.24, 2.45) is 0 Å². The van der Waals surface area contributed by atoms with E-state index in [1.165, 1.54) is 12.1 Å². The molecule has 1 atom stereocenters. The first kappa shape index (κ1) is 20.8. The number of rotatable bonds is 5. The summed E-state index contributed by atoms with van der Waals surface area (Å²) in [5, 5.41) is 2.62. The molecule has 1 saturated heterocycles. The number of nitrogens with zero attached hydrogens (tertiary/aromatic N) is 4. The summed E-state index contributed by atoms with van der Waals surface area (Å²) in [4.78, 5) is 27.1. The minimum absolute atomic E-state index is 0.138. The minimum Gasteiger partial charge on any atom is -0.369 e. The van der Waals surface area contributed by atoms with Crippen LogP contribution in [-0.4, -0.2) is 52.0 Å². The molecule has 0 spiro atoms. The van der Waals surface area contributed by atoms with Crippen LogP contribution in [0.15, 0.2) is 48.8 Å². The van der Waals surface area contributed by atoms with Gasteiger partial charge >= 0.3 is 0 Å². The Morgan fingerprint density at radius 3 is 2.81 bits per heavy atom. The Bertz CT molecular complexity index is 1080. The Kier molecular flexibility index (Phi) is 6.15. The van der Waals surface area contributed by atoms with Crippen LogP contribution in [0.3, 0.4) is 0 Å². The quantitative estimate of drug-likeness (QED) is 0.651. The lowest BCUT2D eigenvalue weighted by Crippen LogP contribution is -2.42. The third-order valence-electron chi connectivity index (χ3n) is 4.97. The van der Waals surface area contributed by atoms with Crippen LogP contribution in [0.25, 0.3) is 11.1 Å². The Morgan fingerprint density at radius 2 is 2.03 bits per heavy atom. The second kappa shape index (κ2) is 9.15. The van der Waals surface area contributed by atoms with E-state index in [0.29, 0.717) is 19.7 Å². The summed E-state index contributed by atoms with van der Waals surface area (Å²) in [6, 6.07) is 9.99. The van der Waals surface area contributed by atoms with Crippen LogP contribution < -0.4 is 11.1 Å². The molecule has 8 nitrogen and oxygen atoms in total. The average molecular weight is 422 g/mol. The fourth-order valence-corrected chi connectivity index (χ4v) is 3.49. The monoisotopic (exact) mass is 422 g/mol. The SMILES string of the molecule is Cc1cc(-c2cnc(N)nc2)cc([C@@H]2CN(CC(=O)Nc3ccccc3F)CCO2)n1. The zero-order valence-corrected chi connectivity index (χ0v) is 17.1. The normalized spacial score (nSPS) is 16.8. The molecule has 1 aliphatic rings. The lowest BCUT2D eigenvalue weighted by atomic mass is 10.1. The number of carbonyl (C=O) groups is 1. The number of ether oxygens (including phenoxy) is 1. The molecule has 0 radical (unpaired) electrons. The second-order valence-corrected chi connectivity index (χ2v) is 7.37. The molecule has 31 heavy (non-hydrogen) atoms. The summed E-state index contributed by atoms with van der Waals surface area (Å²) in [5.74, 6) is -0.517. The number of benzene rings is 1. The first-order valence-electron chi connectivity index (χ1n) is 9.93. The molecule has 3 heterocycles. The number of aryl methyl sites for hydroxylation is 1. The highest BCUT2D eigenvalue weighted by Crippen LogP contribution is 2.26. The van der Waals surface area contributed by atoms with Crippen molar-refractivity contribution in [1.29, 1.82) is 0 Å². The molecule has 3 N–H and O–H groups in total. The first-order chi connectivity index (χ1) is 15.0. The summed E-state index contributed by atoms with van der Waals surface area (Å²) in [7, 11) is 0. The highest BCUT2D eigenvalue weighted by atomic mass is 19.1. The van der Waals surface area contributed by atoms with Crippen LogP contribution in [0.5, 0.6) is 0 Å². The predicted octanol–water partition coefficient (Wildman–Crippen LogP) is 2.58. The van der Waals surface area contributed by atoms with E-state index in [0.717, 1.165) is 22.5 Å². The molecule has 160 valence electrons. The Balaban J connectivity index is 1.45. The minimum atomic E-state index is -0.459. The number of nitrogens with one attached hydrogen (secondary N) is 1. The number of amides is 1. The topological polar surface area (TPSA) is 106 Å². The number of anilines is 2. The van der Waals surface area contributed by atoms with Crippen molar-refractivity contribution in [3.05, 3.63) is 66.0 Å². The number of nitrogens with two attached hydrogens (primary N) is 1. The van der Waals surface area contributed by atoms with Gasteiger partial charge in [0.1, 0.15) is 11.9 Å². The summed E-state index contributed by atoms with van der Waals surface area (Å²) < 4.78 is 19.7. The Morgan fingerprint density at radius 1 is 1.26 bits per heavy atom. The third-order valence-corrected chi connectivity index (χ3v) is 4.97. The maximum Gasteiger partial charge on any atom is 0.238 e. The van der Waals surface area contributed by atoms with Crippen molar-refractivity contribution in [2.45, 2.75) is 13.0 Å². The van der Waals surface area contributed by atoms with Gasteiger partial charge in [0.15, 0.2) is 0 Å². The first-order valence-corrected chi connectivity index (χ1v) is 9.93. The van der Waals surface area contributed by atoms with Gasteiger partial charge in [0.05, 0.1) is 24.5 Å². The van der Waals surface area contributed by atoms with Gasteiger partial charge in [-0.1, -0.05) is 12.1 Å². The lowest BCUT2D eigenvalue weighted by molar-refractivity contribution is -0.119. The summed E-state index contributed by atoms with van der Waals surface area (Å²) in [6.07, 6.45) is 3.05. The molecule has 9 heteroatoms. The van der Waals surface area contributed by atoms with Gasteiger partial charge in [0.2, 0.25) is 11.9 Å². The summed E-state index contributed by atoms with van der Waals surface area (Å²) in [5.41, 5.74) is 9.11. The molecule has 0 aliphatic carbocycles. The number of para-hydroxylation sites is 1. The highest BCUT2D eigenvalue weighted by Gasteiger charge is 2.25. The van der Waals surface area contributed by atoms with Crippen molar-refractivity contribution in [3.63, 3.8) is 0 Å². The maximum atomic E-state index is 13.8. The molecule has 2 aromatic heterocycles. The molecule has 1 amide bonds. The number of carbonyl (C=O) groups excluding carboxylic acids is 1. The van der Waals surface area contributed by atoms with E-state index >= 15 is 0 Å². The number of pyridine rings is 1. The van der Waals surface area contributed by atoms with Crippen LogP contribution in [0.4, 0.5) is 16.0 Å². The Labute approximate surface area is 179 Å². The van der Waals surface area contributed by atoms with E-state index in [2.05, 4.69) is 20.3 Å². The molecule has 1 aliphatic heterocycles. The number of hydrogen-bond donors (Lipinski definition) is 2. The molecule has 0 bridgehead atoms. The van der Waals surface area contributed by atoms with E-state index in [1.54, 1.807) is 24.5 Å². The van der Waals surface area contributed by atoms with Crippen LogP contribution in [0.2, 0.25) is 0 Å². The van der Waals surface area contributed by atoms with Gasteiger partial charge in [-0.2, -0.15) is 0 Å². The Hall–Kier alpha value is -3.43. The van der Waals surface area contributed by atoms with Crippen LogP contribution in [0.1, 0.15) is 17.5 Å². The molecule has 4 rings (SSSR count). The van der Waals surface area contributed by atoms with E-state index in [4.69, 9.17) is 10.5 Å². The van der Waals surface area contributed by atoms with Crippen LogP contribution in [-0.2, 0) is 9.53 Å². The predicted molar refractivity (Wildman–Crippen MR) is 115 cm³/mol. The third kappa shape index (κ3) is 5.19. The largest absolute Gasteiger partial charge is 0.369 e. The molecule has 0 unspecified atom stereocenters. The van der Waals surface area contributed by atoms with Gasteiger partial charge in [0, 0.05) is 36.7 Å². The van der Waals surface area contributed by atoms with E-state index < -0.39 is 5.82 Å². The van der Waals surface area contributed by atoms with Gasteiger partial charge in [-0.05, 0) is 36.8 Å². The standard InChI is InChI=1S/C22H23FN6O2/c1-14-8-15(16-10-25-22(24)26-11-16)9-19(27-14)20-12-29(6-7-31-20)13-21(30)28-18-5-3-2-4-17(18)23/h2-5,8-11,20H,6-7,12-13H2,1H3,(H,28,30)(H2,24,25,26)/t20-/m0/s1. The molecule has 0 saturated carbocycles. The zero-order valence-electron chi connectivity index (χ0n) is 17.1. The average Bonchev–Trinajstić information content (AvgIpc) is 2.75. The zero-order chi connectivity index (χ0) is 21.8. The maximum absolute atomic E-state index is 13.8. The van der Waals surface area contributed by atoms with Crippen molar-refractivity contribution in [1.82, 2.24) is 19.9 Å². The number of morpholine rings is 1. The van der Waals surface area contributed by atoms with Crippen molar-refractivity contribution < 1.29 is 13.9 Å². The van der Waals surface area contributed by atoms with Crippen molar-refractivity contribution >= 4 is 17.5 Å². The van der Waals surface area contributed by atoms with Crippen LogP contribution in [0, 0.1) is 12.7 Å². The van der Waals surface area contributed by atoms with Gasteiger partial charge < -0.3 is 15.8 Å². The molecular weight excluding hydrogens is 399 g/mol. The van der Waals surface area contributed by atoms with E-state index in [9.17, 15) is 9.18 Å². The fourth-order valence-electron chi connectivity index (χ4n) is 3.49. The van der Waals surface area contributed by atoms with Gasteiger partial charge in [-0.15, -0.1) is 0 Å². The summed E-state index contributed by atoms with van der Waals surface area (Å²) in [6.45, 7) is 3.62.